The third-order valence-electron chi connectivity index (χ3n) is 4.80. The zero-order valence-electron chi connectivity index (χ0n) is 13.0. The molecular weight excluding hydrogens is 310 g/mol. The number of aromatic amines is 1. The SMILES string of the molecule is O=C(NCc1n[nH]c2c1CCC2)N1CCCC[C@@H]1c1nccs1. The van der Waals surface area contributed by atoms with Gasteiger partial charge in [-0.1, -0.05) is 0 Å². The number of aromatic nitrogens is 3. The van der Waals surface area contributed by atoms with Crippen LogP contribution < -0.4 is 5.32 Å². The highest BCUT2D eigenvalue weighted by molar-refractivity contribution is 7.09. The van der Waals surface area contributed by atoms with Gasteiger partial charge in [-0.2, -0.15) is 5.10 Å². The monoisotopic (exact) mass is 331 g/mol. The molecule has 1 saturated heterocycles. The molecule has 122 valence electrons. The zero-order valence-corrected chi connectivity index (χ0v) is 13.9. The van der Waals surface area contributed by atoms with E-state index >= 15 is 0 Å². The van der Waals surface area contributed by atoms with Crippen LogP contribution in [0.2, 0.25) is 0 Å². The van der Waals surface area contributed by atoms with Crippen LogP contribution in [0.25, 0.3) is 0 Å². The molecule has 1 fully saturated rings. The number of urea groups is 1. The Labute approximate surface area is 139 Å². The van der Waals surface area contributed by atoms with E-state index in [1.807, 2.05) is 16.5 Å². The van der Waals surface area contributed by atoms with Gasteiger partial charge >= 0.3 is 6.03 Å². The molecule has 6 nitrogen and oxygen atoms in total. The molecule has 1 atom stereocenters. The van der Waals surface area contributed by atoms with Crippen LogP contribution in [0.3, 0.4) is 0 Å². The Balaban J connectivity index is 1.43. The molecule has 2 aromatic rings. The number of piperidine rings is 1. The van der Waals surface area contributed by atoms with Crippen LogP contribution in [-0.4, -0.2) is 32.7 Å². The van der Waals surface area contributed by atoms with Gasteiger partial charge in [0.2, 0.25) is 0 Å². The summed E-state index contributed by atoms with van der Waals surface area (Å²) in [6.07, 6.45) is 8.37. The molecule has 0 bridgehead atoms. The number of rotatable bonds is 3. The smallest absolute Gasteiger partial charge is 0.318 e. The predicted octanol–water partition coefficient (Wildman–Crippen LogP) is 2.79. The second-order valence-corrected chi connectivity index (χ2v) is 7.14. The molecule has 0 unspecified atom stereocenters. The van der Waals surface area contributed by atoms with Gasteiger partial charge in [-0.3, -0.25) is 5.10 Å². The highest BCUT2D eigenvalue weighted by Crippen LogP contribution is 2.32. The minimum Gasteiger partial charge on any atom is -0.332 e. The molecule has 2 aromatic heterocycles. The van der Waals surface area contributed by atoms with E-state index in [-0.39, 0.29) is 12.1 Å². The lowest BCUT2D eigenvalue weighted by Gasteiger charge is -2.34. The van der Waals surface area contributed by atoms with Gasteiger partial charge < -0.3 is 10.2 Å². The van der Waals surface area contributed by atoms with Crippen molar-refractivity contribution in [1.29, 1.82) is 0 Å². The molecule has 7 heteroatoms. The molecule has 1 aliphatic heterocycles. The zero-order chi connectivity index (χ0) is 15.6. The number of nitrogens with one attached hydrogen (secondary N) is 2. The largest absolute Gasteiger partial charge is 0.332 e. The maximum absolute atomic E-state index is 12.7. The summed E-state index contributed by atoms with van der Waals surface area (Å²) >= 11 is 1.63. The Kier molecular flexibility index (Phi) is 4.03. The van der Waals surface area contributed by atoms with Gasteiger partial charge in [0.15, 0.2) is 0 Å². The molecule has 0 radical (unpaired) electrons. The fraction of sp³-hybridized carbons (Fsp3) is 0.562. The van der Waals surface area contributed by atoms with Gasteiger partial charge in [-0.25, -0.2) is 9.78 Å². The maximum Gasteiger partial charge on any atom is 0.318 e. The van der Waals surface area contributed by atoms with Crippen LogP contribution in [0.5, 0.6) is 0 Å². The van der Waals surface area contributed by atoms with Crippen molar-refractivity contribution in [3.63, 3.8) is 0 Å². The number of fused-ring (bicyclic) bond motifs is 1. The van der Waals surface area contributed by atoms with Crippen LogP contribution in [0, 0.1) is 0 Å². The number of carbonyl (C=O) groups is 1. The van der Waals surface area contributed by atoms with Gasteiger partial charge in [0.05, 0.1) is 18.3 Å². The summed E-state index contributed by atoms with van der Waals surface area (Å²) < 4.78 is 0. The summed E-state index contributed by atoms with van der Waals surface area (Å²) in [5, 5.41) is 13.5. The number of likely N-dealkylation sites (tertiary alicyclic amines) is 1. The van der Waals surface area contributed by atoms with E-state index in [1.165, 1.54) is 17.7 Å². The molecule has 4 rings (SSSR count). The molecule has 2 N–H and O–H groups in total. The van der Waals surface area contributed by atoms with Crippen molar-refractivity contribution < 1.29 is 4.79 Å². The summed E-state index contributed by atoms with van der Waals surface area (Å²) in [6, 6.07) is 0.119. The van der Waals surface area contributed by atoms with Crippen molar-refractivity contribution in [2.45, 2.75) is 51.1 Å². The number of H-pyrrole nitrogens is 1. The minimum absolute atomic E-state index is 0.000327. The van der Waals surface area contributed by atoms with Crippen molar-refractivity contribution in [2.24, 2.45) is 0 Å². The lowest BCUT2D eigenvalue weighted by Crippen LogP contribution is -2.44. The van der Waals surface area contributed by atoms with Gasteiger partial charge in [-0.15, -0.1) is 11.3 Å². The molecule has 23 heavy (non-hydrogen) atoms. The summed E-state index contributed by atoms with van der Waals surface area (Å²) in [4.78, 5) is 19.0. The summed E-state index contributed by atoms with van der Waals surface area (Å²) in [6.45, 7) is 1.31. The van der Waals surface area contributed by atoms with Crippen molar-refractivity contribution in [3.05, 3.63) is 33.5 Å². The third kappa shape index (κ3) is 2.85. The highest BCUT2D eigenvalue weighted by atomic mass is 32.1. The number of thiazole rings is 1. The number of amides is 2. The highest BCUT2D eigenvalue weighted by Gasteiger charge is 2.30. The lowest BCUT2D eigenvalue weighted by atomic mass is 10.0. The molecule has 2 aliphatic rings. The summed E-state index contributed by atoms with van der Waals surface area (Å²) in [7, 11) is 0. The fourth-order valence-electron chi connectivity index (χ4n) is 3.63. The first kappa shape index (κ1) is 14.7. The number of aryl methyl sites for hydroxylation is 1. The number of hydrogen-bond acceptors (Lipinski definition) is 4. The van der Waals surface area contributed by atoms with Crippen molar-refractivity contribution in [2.75, 3.05) is 6.54 Å². The number of carbonyl (C=O) groups excluding carboxylic acids is 1. The van der Waals surface area contributed by atoms with Gasteiger partial charge in [0.1, 0.15) is 5.01 Å². The average Bonchev–Trinajstić information content (AvgIpc) is 3.30. The van der Waals surface area contributed by atoms with Gasteiger partial charge in [-0.05, 0) is 44.1 Å². The van der Waals surface area contributed by atoms with Crippen LogP contribution in [-0.2, 0) is 19.4 Å². The third-order valence-corrected chi connectivity index (χ3v) is 5.68. The maximum atomic E-state index is 12.7. The van der Waals surface area contributed by atoms with Gasteiger partial charge in [0, 0.05) is 23.8 Å². The van der Waals surface area contributed by atoms with E-state index in [4.69, 9.17) is 0 Å². The van der Waals surface area contributed by atoms with Gasteiger partial charge in [0.25, 0.3) is 0 Å². The second-order valence-electron chi connectivity index (χ2n) is 6.21. The normalized spacial score (nSPS) is 20.5. The van der Waals surface area contributed by atoms with E-state index in [2.05, 4.69) is 20.5 Å². The first-order valence-corrected chi connectivity index (χ1v) is 9.20. The Morgan fingerprint density at radius 3 is 3.22 bits per heavy atom. The summed E-state index contributed by atoms with van der Waals surface area (Å²) in [5.74, 6) is 0. The topological polar surface area (TPSA) is 73.9 Å². The molecule has 0 aromatic carbocycles. The standard InChI is InChI=1S/C16H21N5OS/c22-16(18-10-13-11-4-3-5-12(11)19-20-13)21-8-2-1-6-14(21)15-17-7-9-23-15/h7,9,14H,1-6,8,10H2,(H,18,22)(H,19,20)/t14-/m1/s1. The van der Waals surface area contributed by atoms with E-state index < -0.39 is 0 Å². The molecular formula is C16H21N5OS. The first-order valence-electron chi connectivity index (χ1n) is 8.32. The molecule has 1 aliphatic carbocycles. The Hall–Kier alpha value is -1.89. The molecule has 2 amide bonds. The van der Waals surface area contributed by atoms with Crippen LogP contribution >= 0.6 is 11.3 Å². The van der Waals surface area contributed by atoms with E-state index in [1.54, 1.807) is 11.3 Å². The fourth-order valence-corrected chi connectivity index (χ4v) is 4.41. The quantitative estimate of drug-likeness (QED) is 0.908. The lowest BCUT2D eigenvalue weighted by molar-refractivity contribution is 0.151. The van der Waals surface area contributed by atoms with Crippen molar-refractivity contribution >= 4 is 17.4 Å². The Morgan fingerprint density at radius 1 is 1.39 bits per heavy atom. The Morgan fingerprint density at radius 2 is 2.35 bits per heavy atom. The van der Waals surface area contributed by atoms with Crippen LogP contribution in [0.4, 0.5) is 4.79 Å². The van der Waals surface area contributed by atoms with Crippen LogP contribution in [0.15, 0.2) is 11.6 Å². The number of hydrogen-bond donors (Lipinski definition) is 2. The van der Waals surface area contributed by atoms with Crippen molar-refractivity contribution in [3.8, 4) is 0 Å². The molecule has 3 heterocycles. The van der Waals surface area contributed by atoms with E-state index in [9.17, 15) is 4.79 Å². The van der Waals surface area contributed by atoms with E-state index in [0.717, 1.165) is 49.4 Å². The second kappa shape index (κ2) is 6.31. The van der Waals surface area contributed by atoms with Crippen LogP contribution in [0.1, 0.15) is 53.7 Å². The van der Waals surface area contributed by atoms with E-state index in [0.29, 0.717) is 6.54 Å². The molecule has 0 saturated carbocycles. The number of nitrogens with zero attached hydrogens (tertiary/aromatic N) is 3. The van der Waals surface area contributed by atoms with Crippen molar-refractivity contribution in [1.82, 2.24) is 25.4 Å². The average molecular weight is 331 g/mol. The predicted molar refractivity (Wildman–Crippen MR) is 88.3 cm³/mol. The minimum atomic E-state index is -0.000327. The summed E-state index contributed by atoms with van der Waals surface area (Å²) in [5.41, 5.74) is 3.54. The molecule has 0 spiro atoms. The Bertz CT molecular complexity index is 681. The first-order chi connectivity index (χ1) is 11.3.